The first kappa shape index (κ1) is 28.7. The van der Waals surface area contributed by atoms with Gasteiger partial charge in [0.1, 0.15) is 17.5 Å². The van der Waals surface area contributed by atoms with Crippen LogP contribution in [0.3, 0.4) is 0 Å². The van der Waals surface area contributed by atoms with Crippen LogP contribution in [0.4, 0.5) is 26.3 Å². The molecule has 0 saturated carbocycles. The van der Waals surface area contributed by atoms with E-state index >= 15 is 0 Å². The van der Waals surface area contributed by atoms with Gasteiger partial charge in [0.25, 0.3) is 0 Å². The van der Waals surface area contributed by atoms with Crippen molar-refractivity contribution in [3.05, 3.63) is 111 Å². The molecule has 13 heteroatoms. The Hall–Kier alpha value is -4.34. The summed E-state index contributed by atoms with van der Waals surface area (Å²) in [5.41, 5.74) is 3.04. The zero-order valence-electron chi connectivity index (χ0n) is 20.1. The third-order valence-corrected chi connectivity index (χ3v) is 6.17. The summed E-state index contributed by atoms with van der Waals surface area (Å²) in [6.07, 6.45) is -10.7. The quantitative estimate of drug-likeness (QED) is 0.176. The van der Waals surface area contributed by atoms with Crippen LogP contribution in [0.5, 0.6) is 0 Å². The minimum atomic E-state index is -5.03. The van der Waals surface area contributed by atoms with Gasteiger partial charge in [-0.25, -0.2) is 4.68 Å². The summed E-state index contributed by atoms with van der Waals surface area (Å²) in [5.74, 6) is 0. The Morgan fingerprint density at radius 3 is 2.25 bits per heavy atom. The van der Waals surface area contributed by atoms with Crippen molar-refractivity contribution >= 4 is 23.4 Å². The first-order valence-corrected chi connectivity index (χ1v) is 11.7. The van der Waals surface area contributed by atoms with Crippen LogP contribution >= 0.6 is 11.6 Å². The van der Waals surface area contributed by atoms with E-state index in [1.807, 2.05) is 0 Å². The maximum absolute atomic E-state index is 13.4. The molecular weight excluding hydrogens is 560 g/mol. The second-order valence-electron chi connectivity index (χ2n) is 8.50. The standard InChI is InChI=1S/C27H18ClF6N5O/c28-21-9-5-4-8-19(21)25(40)22(36)20(13-35)23-24(16-6-2-1-3-7-16)39(38-37-23)14-15-10-17(26(29,30)31)12-18(11-15)27(32,33)34/h1-2,4-6,8-13,25,35,40H,14,36H2/b22-20+,35-13?/t25-/m1/s1. The number of hydrogen-bond donors (Lipinski definition) is 3. The summed E-state index contributed by atoms with van der Waals surface area (Å²) in [6.45, 7) is -0.559. The molecule has 4 aromatic rings. The van der Waals surface area contributed by atoms with Crippen LogP contribution in [-0.4, -0.2) is 26.3 Å². The monoisotopic (exact) mass is 577 g/mol. The first-order chi connectivity index (χ1) is 18.8. The SMILES string of the molecule is N=C/C(=C(\N)[C@H](O)c1ccccc1Cl)c1nnn(Cc2cc(C(F)(F)F)cc(C(F)(F)F)c2)c1-c1c#cccc1. The van der Waals surface area contributed by atoms with E-state index in [0.29, 0.717) is 12.1 Å². The lowest BCUT2D eigenvalue weighted by molar-refractivity contribution is -0.143. The molecule has 206 valence electrons. The van der Waals surface area contributed by atoms with Gasteiger partial charge in [0.2, 0.25) is 0 Å². The number of aromatic nitrogens is 3. The van der Waals surface area contributed by atoms with Crippen molar-refractivity contribution in [2.45, 2.75) is 25.0 Å². The number of hydrogen-bond acceptors (Lipinski definition) is 5. The van der Waals surface area contributed by atoms with Gasteiger partial charge in [0, 0.05) is 22.4 Å². The number of nitrogens with two attached hydrogens (primary N) is 1. The zero-order valence-corrected chi connectivity index (χ0v) is 20.9. The van der Waals surface area contributed by atoms with Crippen molar-refractivity contribution in [2.24, 2.45) is 5.73 Å². The molecule has 0 saturated heterocycles. The van der Waals surface area contributed by atoms with Crippen LogP contribution in [0, 0.1) is 17.5 Å². The topological polar surface area (TPSA) is 101 Å². The maximum Gasteiger partial charge on any atom is 0.416 e. The normalized spacial score (nSPS) is 13.4. The fourth-order valence-corrected chi connectivity index (χ4v) is 4.19. The van der Waals surface area contributed by atoms with Crippen LogP contribution in [0.2, 0.25) is 5.02 Å². The third-order valence-electron chi connectivity index (χ3n) is 5.82. The molecule has 0 radical (unpaired) electrons. The van der Waals surface area contributed by atoms with Crippen LogP contribution in [0.15, 0.2) is 66.4 Å². The average Bonchev–Trinajstić information content (AvgIpc) is 3.31. The number of aliphatic hydroxyl groups is 1. The molecule has 0 amide bonds. The molecule has 1 heterocycles. The highest BCUT2D eigenvalue weighted by Gasteiger charge is 2.37. The fraction of sp³-hybridized carbons (Fsp3) is 0.148. The summed E-state index contributed by atoms with van der Waals surface area (Å²) in [4.78, 5) is 0. The number of halogens is 7. The van der Waals surface area contributed by atoms with Gasteiger partial charge in [-0.3, -0.25) is 0 Å². The van der Waals surface area contributed by atoms with E-state index in [9.17, 15) is 31.4 Å². The number of nitrogens with zero attached hydrogens (tertiary/aromatic N) is 3. The fourth-order valence-electron chi connectivity index (χ4n) is 3.95. The lowest BCUT2D eigenvalue weighted by Gasteiger charge is -2.16. The summed E-state index contributed by atoms with van der Waals surface area (Å²) in [7, 11) is 0. The number of allylic oxidation sites excluding steroid dienone is 1. The zero-order chi connectivity index (χ0) is 29.2. The number of rotatable bonds is 7. The number of alkyl halides is 6. The summed E-state index contributed by atoms with van der Waals surface area (Å²) in [5, 5.41) is 27.0. The Morgan fingerprint density at radius 2 is 1.70 bits per heavy atom. The lowest BCUT2D eigenvalue weighted by atomic mass is 9.99. The van der Waals surface area contributed by atoms with Gasteiger partial charge in [0.15, 0.2) is 0 Å². The van der Waals surface area contributed by atoms with Crippen molar-refractivity contribution in [2.75, 3.05) is 0 Å². The van der Waals surface area contributed by atoms with E-state index in [0.717, 1.165) is 10.9 Å². The van der Waals surface area contributed by atoms with E-state index in [4.69, 9.17) is 22.7 Å². The highest BCUT2D eigenvalue weighted by atomic mass is 35.5. The van der Waals surface area contributed by atoms with Gasteiger partial charge in [0.05, 0.1) is 28.9 Å². The van der Waals surface area contributed by atoms with E-state index in [1.165, 1.54) is 24.3 Å². The van der Waals surface area contributed by atoms with Crippen LogP contribution in [0.25, 0.3) is 16.8 Å². The molecule has 0 bridgehead atoms. The van der Waals surface area contributed by atoms with Gasteiger partial charge < -0.3 is 16.2 Å². The Labute approximate surface area is 228 Å². The molecule has 0 aliphatic carbocycles. The van der Waals surface area contributed by atoms with Gasteiger partial charge in [-0.15, -0.1) is 5.10 Å². The van der Waals surface area contributed by atoms with Crippen molar-refractivity contribution in [1.82, 2.24) is 15.0 Å². The Balaban J connectivity index is 1.88. The van der Waals surface area contributed by atoms with Crippen LogP contribution in [0.1, 0.15) is 34.1 Å². The smallest absolute Gasteiger partial charge is 0.399 e. The number of nitrogens with one attached hydrogen (secondary N) is 1. The average molecular weight is 578 g/mol. The van der Waals surface area contributed by atoms with Gasteiger partial charge in [-0.05, 0) is 42.0 Å². The van der Waals surface area contributed by atoms with Gasteiger partial charge >= 0.3 is 12.4 Å². The highest BCUT2D eigenvalue weighted by molar-refractivity contribution is 6.31. The van der Waals surface area contributed by atoms with Gasteiger partial charge in [-0.1, -0.05) is 53.2 Å². The molecule has 0 spiro atoms. The Bertz CT molecular complexity index is 1530. The molecule has 6 nitrogen and oxygen atoms in total. The third kappa shape index (κ3) is 5.95. The highest BCUT2D eigenvalue weighted by Crippen LogP contribution is 2.37. The van der Waals surface area contributed by atoms with E-state index in [2.05, 4.69) is 22.4 Å². The predicted molar refractivity (Wildman–Crippen MR) is 135 cm³/mol. The molecule has 1 atom stereocenters. The molecule has 4 rings (SSSR count). The lowest BCUT2D eigenvalue weighted by Crippen LogP contribution is -2.14. The second-order valence-corrected chi connectivity index (χ2v) is 8.91. The number of benzene rings is 2. The summed E-state index contributed by atoms with van der Waals surface area (Å²) >= 11 is 6.17. The molecule has 0 aliphatic rings. The van der Waals surface area contributed by atoms with Crippen molar-refractivity contribution in [3.63, 3.8) is 0 Å². The minimum absolute atomic E-state index is 0.0316. The van der Waals surface area contributed by atoms with E-state index < -0.39 is 36.1 Å². The molecule has 4 N–H and O–H groups in total. The molecular formula is C27H18ClF6N5O. The first-order valence-electron chi connectivity index (χ1n) is 11.3. The largest absolute Gasteiger partial charge is 0.416 e. The summed E-state index contributed by atoms with van der Waals surface area (Å²) < 4.78 is 81.6. The van der Waals surface area contributed by atoms with Gasteiger partial charge in [-0.2, -0.15) is 26.3 Å². The Kier molecular flexibility index (Phi) is 7.91. The molecule has 0 fully saturated rings. The van der Waals surface area contributed by atoms with Crippen molar-refractivity contribution < 1.29 is 31.4 Å². The van der Waals surface area contributed by atoms with E-state index in [1.54, 1.807) is 18.2 Å². The van der Waals surface area contributed by atoms with E-state index in [-0.39, 0.29) is 50.4 Å². The molecule has 1 aromatic heterocycles. The second kappa shape index (κ2) is 11.0. The molecule has 0 aliphatic heterocycles. The van der Waals surface area contributed by atoms with Crippen LogP contribution in [-0.2, 0) is 18.9 Å². The van der Waals surface area contributed by atoms with Crippen LogP contribution < -0.4 is 5.73 Å². The number of aliphatic hydroxyl groups excluding tert-OH is 1. The molecule has 40 heavy (non-hydrogen) atoms. The predicted octanol–water partition coefficient (Wildman–Crippen LogP) is 6.34. The molecule has 0 unspecified atom stereocenters. The molecule has 3 aromatic carbocycles. The van der Waals surface area contributed by atoms with Crippen molar-refractivity contribution in [1.29, 1.82) is 5.41 Å². The maximum atomic E-state index is 13.4. The van der Waals surface area contributed by atoms with Crippen molar-refractivity contribution in [3.8, 4) is 11.3 Å². The minimum Gasteiger partial charge on any atom is -0.399 e. The summed E-state index contributed by atoms with van der Waals surface area (Å²) in [6, 6.07) is 17.6. The Morgan fingerprint density at radius 1 is 1.05 bits per heavy atom.